The van der Waals surface area contributed by atoms with E-state index in [1.807, 2.05) is 0 Å². The highest BCUT2D eigenvalue weighted by molar-refractivity contribution is 7.99. The summed E-state index contributed by atoms with van der Waals surface area (Å²) in [5, 5.41) is 4.22. The Morgan fingerprint density at radius 2 is 2.21 bits per heavy atom. The molecule has 1 atom stereocenters. The number of aromatic amines is 1. The summed E-state index contributed by atoms with van der Waals surface area (Å²) >= 11 is 1.77. The van der Waals surface area contributed by atoms with Crippen LogP contribution in [-0.2, 0) is 0 Å². The van der Waals surface area contributed by atoms with Gasteiger partial charge in [-0.25, -0.2) is 9.97 Å². The Hall–Kier alpha value is -1.30. The van der Waals surface area contributed by atoms with Crippen LogP contribution in [0.1, 0.15) is 33.6 Å². The van der Waals surface area contributed by atoms with Crippen LogP contribution in [0.2, 0.25) is 0 Å². The van der Waals surface area contributed by atoms with Crippen LogP contribution in [0.3, 0.4) is 0 Å². The average Bonchev–Trinajstić information content (AvgIpc) is 2.90. The van der Waals surface area contributed by atoms with Crippen molar-refractivity contribution in [2.75, 3.05) is 17.6 Å². The number of imidazole rings is 1. The van der Waals surface area contributed by atoms with Gasteiger partial charge in [-0.2, -0.15) is 4.98 Å². The molecule has 0 radical (unpaired) electrons. The highest BCUT2D eigenvalue weighted by atomic mass is 32.2. The van der Waals surface area contributed by atoms with Crippen molar-refractivity contribution in [3.05, 3.63) is 6.33 Å². The molecule has 1 unspecified atom stereocenters. The number of aromatic nitrogens is 4. The molecule has 5 nitrogen and oxygen atoms in total. The van der Waals surface area contributed by atoms with Crippen molar-refractivity contribution in [3.63, 3.8) is 0 Å². The largest absolute Gasteiger partial charge is 0.354 e. The van der Waals surface area contributed by atoms with E-state index < -0.39 is 0 Å². The van der Waals surface area contributed by atoms with Crippen LogP contribution in [0, 0.1) is 5.92 Å². The SMILES string of the molecule is CCCNc1nc(SCC(C)CC)c2[nH]cnc2n1. The third-order valence-electron chi connectivity index (χ3n) is 2.99. The topological polar surface area (TPSA) is 66.5 Å². The molecule has 19 heavy (non-hydrogen) atoms. The van der Waals surface area contributed by atoms with E-state index in [4.69, 9.17) is 0 Å². The second-order valence-corrected chi connectivity index (χ2v) is 5.71. The summed E-state index contributed by atoms with van der Waals surface area (Å²) in [7, 11) is 0. The van der Waals surface area contributed by atoms with Crippen LogP contribution in [0.15, 0.2) is 11.4 Å². The molecule has 0 aromatic carbocycles. The van der Waals surface area contributed by atoms with Crippen LogP contribution < -0.4 is 5.32 Å². The first-order valence-corrected chi connectivity index (χ1v) is 7.80. The molecule has 2 rings (SSSR count). The normalized spacial score (nSPS) is 12.8. The Morgan fingerprint density at radius 1 is 1.37 bits per heavy atom. The fourth-order valence-corrected chi connectivity index (χ4v) is 2.69. The average molecular weight is 279 g/mol. The number of hydrogen-bond acceptors (Lipinski definition) is 5. The molecule has 6 heteroatoms. The molecule has 0 spiro atoms. The standard InChI is InChI=1S/C13H21N5S/c1-4-6-14-13-17-11-10(15-8-16-11)12(18-13)19-7-9(3)5-2/h8-9H,4-7H2,1-3H3,(H2,14,15,16,17,18). The third kappa shape index (κ3) is 3.59. The van der Waals surface area contributed by atoms with E-state index in [1.54, 1.807) is 18.1 Å². The van der Waals surface area contributed by atoms with Gasteiger partial charge < -0.3 is 10.3 Å². The van der Waals surface area contributed by atoms with Gasteiger partial charge in [0.05, 0.1) is 6.33 Å². The number of nitrogens with one attached hydrogen (secondary N) is 2. The van der Waals surface area contributed by atoms with E-state index in [1.165, 1.54) is 6.42 Å². The number of nitrogens with zero attached hydrogens (tertiary/aromatic N) is 3. The van der Waals surface area contributed by atoms with Crippen molar-refractivity contribution >= 4 is 28.9 Å². The lowest BCUT2D eigenvalue weighted by Gasteiger charge is -2.09. The number of anilines is 1. The van der Waals surface area contributed by atoms with Gasteiger partial charge in [-0.3, -0.25) is 0 Å². The van der Waals surface area contributed by atoms with Gasteiger partial charge in [0.2, 0.25) is 5.95 Å². The molecule has 0 aliphatic rings. The van der Waals surface area contributed by atoms with E-state index in [0.717, 1.165) is 34.9 Å². The quantitative estimate of drug-likeness (QED) is 0.601. The van der Waals surface area contributed by atoms with E-state index in [9.17, 15) is 0 Å². The first-order chi connectivity index (χ1) is 9.24. The third-order valence-corrected chi connectivity index (χ3v) is 4.29. The van der Waals surface area contributed by atoms with Crippen LogP contribution in [0.5, 0.6) is 0 Å². The van der Waals surface area contributed by atoms with Crippen molar-refractivity contribution in [2.24, 2.45) is 5.92 Å². The van der Waals surface area contributed by atoms with Gasteiger partial charge >= 0.3 is 0 Å². The van der Waals surface area contributed by atoms with E-state index in [2.05, 4.69) is 46.0 Å². The Morgan fingerprint density at radius 3 is 2.95 bits per heavy atom. The Balaban J connectivity index is 2.21. The maximum atomic E-state index is 4.59. The summed E-state index contributed by atoms with van der Waals surface area (Å²) in [5.74, 6) is 2.42. The molecule has 0 aliphatic heterocycles. The fourth-order valence-electron chi connectivity index (χ4n) is 1.57. The van der Waals surface area contributed by atoms with Crippen molar-refractivity contribution < 1.29 is 0 Å². The van der Waals surface area contributed by atoms with Crippen molar-refractivity contribution in [1.82, 2.24) is 19.9 Å². The molecule has 0 saturated heterocycles. The van der Waals surface area contributed by atoms with Gasteiger partial charge in [0, 0.05) is 12.3 Å². The fraction of sp³-hybridized carbons (Fsp3) is 0.615. The maximum Gasteiger partial charge on any atom is 0.225 e. The minimum absolute atomic E-state index is 0.674. The smallest absolute Gasteiger partial charge is 0.225 e. The molecular formula is C13H21N5S. The molecule has 0 amide bonds. The molecule has 2 heterocycles. The van der Waals surface area contributed by atoms with Crippen LogP contribution in [0.25, 0.3) is 11.2 Å². The summed E-state index contributed by atoms with van der Waals surface area (Å²) < 4.78 is 0. The Labute approximate surface area is 118 Å². The molecule has 0 aliphatic carbocycles. The van der Waals surface area contributed by atoms with Gasteiger partial charge in [0.25, 0.3) is 0 Å². The van der Waals surface area contributed by atoms with Crippen molar-refractivity contribution in [3.8, 4) is 0 Å². The summed E-state index contributed by atoms with van der Waals surface area (Å²) in [6.45, 7) is 7.48. The number of fused-ring (bicyclic) bond motifs is 1. The molecule has 2 aromatic rings. The molecule has 0 fully saturated rings. The van der Waals surface area contributed by atoms with Crippen molar-refractivity contribution in [2.45, 2.75) is 38.6 Å². The molecular weight excluding hydrogens is 258 g/mol. The Kier molecular flexibility index (Phi) is 5.01. The zero-order chi connectivity index (χ0) is 13.7. The van der Waals surface area contributed by atoms with Crippen LogP contribution >= 0.6 is 11.8 Å². The zero-order valence-electron chi connectivity index (χ0n) is 11.7. The second-order valence-electron chi connectivity index (χ2n) is 4.70. The minimum Gasteiger partial charge on any atom is -0.354 e. The lowest BCUT2D eigenvalue weighted by Crippen LogP contribution is -2.05. The first-order valence-electron chi connectivity index (χ1n) is 6.82. The molecule has 0 bridgehead atoms. The van der Waals surface area contributed by atoms with Gasteiger partial charge in [-0.1, -0.05) is 27.2 Å². The lowest BCUT2D eigenvalue weighted by atomic mass is 10.2. The predicted octanol–water partition coefficient (Wildman–Crippen LogP) is 3.31. The van der Waals surface area contributed by atoms with Gasteiger partial charge in [-0.05, 0) is 12.3 Å². The monoisotopic (exact) mass is 279 g/mol. The van der Waals surface area contributed by atoms with Crippen LogP contribution in [0.4, 0.5) is 5.95 Å². The summed E-state index contributed by atoms with van der Waals surface area (Å²) in [4.78, 5) is 16.4. The highest BCUT2D eigenvalue weighted by Crippen LogP contribution is 2.26. The number of hydrogen-bond donors (Lipinski definition) is 2. The van der Waals surface area contributed by atoms with E-state index in [0.29, 0.717) is 11.9 Å². The maximum absolute atomic E-state index is 4.59. The van der Waals surface area contributed by atoms with E-state index >= 15 is 0 Å². The summed E-state index contributed by atoms with van der Waals surface area (Å²) in [6.07, 6.45) is 3.92. The molecule has 2 aromatic heterocycles. The van der Waals surface area contributed by atoms with E-state index in [-0.39, 0.29) is 0 Å². The number of thioether (sulfide) groups is 1. The number of rotatable bonds is 7. The van der Waals surface area contributed by atoms with Gasteiger partial charge in [-0.15, -0.1) is 11.8 Å². The number of H-pyrrole nitrogens is 1. The minimum atomic E-state index is 0.674. The molecule has 0 saturated carbocycles. The summed E-state index contributed by atoms with van der Waals surface area (Å²) in [5.41, 5.74) is 1.68. The molecule has 104 valence electrons. The first kappa shape index (κ1) is 14.1. The van der Waals surface area contributed by atoms with Crippen LogP contribution in [-0.4, -0.2) is 32.2 Å². The Bertz CT molecular complexity index is 525. The predicted molar refractivity (Wildman–Crippen MR) is 80.6 cm³/mol. The summed E-state index contributed by atoms with van der Waals surface area (Å²) in [6, 6.07) is 0. The van der Waals surface area contributed by atoms with Gasteiger partial charge in [0.15, 0.2) is 5.65 Å². The molecule has 2 N–H and O–H groups in total. The highest BCUT2D eigenvalue weighted by Gasteiger charge is 2.11. The zero-order valence-corrected chi connectivity index (χ0v) is 12.5. The second kappa shape index (κ2) is 6.75. The van der Waals surface area contributed by atoms with Gasteiger partial charge in [0.1, 0.15) is 10.5 Å². The lowest BCUT2D eigenvalue weighted by molar-refractivity contribution is 0.636. The van der Waals surface area contributed by atoms with Crippen molar-refractivity contribution in [1.29, 1.82) is 0 Å².